The number of benzene rings is 1. The van der Waals surface area contributed by atoms with Crippen LogP contribution in [0.4, 0.5) is 0 Å². The second kappa shape index (κ2) is 7.98. The Morgan fingerprint density at radius 1 is 1.21 bits per heavy atom. The summed E-state index contributed by atoms with van der Waals surface area (Å²) in [6, 6.07) is 10.1. The van der Waals surface area contributed by atoms with Crippen LogP contribution in [0.25, 0.3) is 0 Å². The second-order valence-corrected chi connectivity index (χ2v) is 6.10. The summed E-state index contributed by atoms with van der Waals surface area (Å²) in [7, 11) is 0. The van der Waals surface area contributed by atoms with Gasteiger partial charge in [-0.25, -0.2) is 9.48 Å². The SMILES string of the molecule is CCC#CCn1nc(C2CCNCC2)n(Cc2ccccc2)c1=O. The van der Waals surface area contributed by atoms with Crippen LogP contribution in [0.5, 0.6) is 0 Å². The minimum absolute atomic E-state index is 0.0576. The molecule has 5 heteroatoms. The van der Waals surface area contributed by atoms with Crippen molar-refractivity contribution in [2.24, 2.45) is 0 Å². The van der Waals surface area contributed by atoms with Crippen molar-refractivity contribution in [3.8, 4) is 11.8 Å². The van der Waals surface area contributed by atoms with Crippen LogP contribution in [0.3, 0.4) is 0 Å². The zero-order valence-corrected chi connectivity index (χ0v) is 14.2. The Morgan fingerprint density at radius 3 is 2.67 bits per heavy atom. The van der Waals surface area contributed by atoms with Crippen molar-refractivity contribution >= 4 is 0 Å². The number of nitrogens with zero attached hydrogens (tertiary/aromatic N) is 3. The van der Waals surface area contributed by atoms with Gasteiger partial charge in [0, 0.05) is 12.3 Å². The summed E-state index contributed by atoms with van der Waals surface area (Å²) in [6.07, 6.45) is 2.83. The van der Waals surface area contributed by atoms with E-state index in [0.717, 1.165) is 43.7 Å². The third-order valence-corrected chi connectivity index (χ3v) is 4.37. The molecule has 0 amide bonds. The van der Waals surface area contributed by atoms with Crippen LogP contribution >= 0.6 is 0 Å². The topological polar surface area (TPSA) is 51.9 Å². The Kier molecular flexibility index (Phi) is 5.50. The monoisotopic (exact) mass is 324 g/mol. The molecule has 1 aromatic heterocycles. The Morgan fingerprint density at radius 2 is 1.96 bits per heavy atom. The Bertz CT molecular complexity index is 773. The fourth-order valence-electron chi connectivity index (χ4n) is 3.11. The summed E-state index contributed by atoms with van der Waals surface area (Å²) in [5.74, 6) is 7.28. The lowest BCUT2D eigenvalue weighted by molar-refractivity contribution is 0.431. The fraction of sp³-hybridized carbons (Fsp3) is 0.474. The first-order chi connectivity index (χ1) is 11.8. The molecule has 0 aliphatic carbocycles. The van der Waals surface area contributed by atoms with Crippen LogP contribution in [-0.2, 0) is 13.1 Å². The molecule has 1 aromatic carbocycles. The van der Waals surface area contributed by atoms with Gasteiger partial charge in [-0.1, -0.05) is 43.2 Å². The molecule has 2 aromatic rings. The highest BCUT2D eigenvalue weighted by Crippen LogP contribution is 2.23. The van der Waals surface area contributed by atoms with Gasteiger partial charge < -0.3 is 5.32 Å². The van der Waals surface area contributed by atoms with Gasteiger partial charge in [-0.3, -0.25) is 4.57 Å². The summed E-state index contributed by atoms with van der Waals surface area (Å²) in [6.45, 7) is 4.90. The molecule has 0 radical (unpaired) electrons. The first kappa shape index (κ1) is 16.5. The largest absolute Gasteiger partial charge is 0.347 e. The third-order valence-electron chi connectivity index (χ3n) is 4.37. The van der Waals surface area contributed by atoms with Gasteiger partial charge in [0.1, 0.15) is 12.4 Å². The number of nitrogens with one attached hydrogen (secondary N) is 1. The van der Waals surface area contributed by atoms with Crippen LogP contribution < -0.4 is 11.0 Å². The van der Waals surface area contributed by atoms with Gasteiger partial charge in [-0.15, -0.1) is 5.92 Å². The van der Waals surface area contributed by atoms with Gasteiger partial charge in [-0.2, -0.15) is 5.10 Å². The van der Waals surface area contributed by atoms with E-state index in [9.17, 15) is 4.79 Å². The number of hydrogen-bond donors (Lipinski definition) is 1. The molecule has 1 aliphatic heterocycles. The first-order valence-corrected chi connectivity index (χ1v) is 8.67. The van der Waals surface area contributed by atoms with E-state index >= 15 is 0 Å². The predicted octanol–water partition coefficient (Wildman–Crippen LogP) is 1.97. The molecule has 1 fully saturated rings. The summed E-state index contributed by atoms with van der Waals surface area (Å²) in [5, 5.41) is 8.01. The van der Waals surface area contributed by atoms with E-state index in [1.165, 1.54) is 4.68 Å². The molecule has 24 heavy (non-hydrogen) atoms. The van der Waals surface area contributed by atoms with Crippen molar-refractivity contribution in [3.05, 3.63) is 52.2 Å². The van der Waals surface area contributed by atoms with E-state index in [0.29, 0.717) is 19.0 Å². The molecule has 0 unspecified atom stereocenters. The number of hydrogen-bond acceptors (Lipinski definition) is 3. The van der Waals surface area contributed by atoms with Gasteiger partial charge in [0.25, 0.3) is 0 Å². The fourth-order valence-corrected chi connectivity index (χ4v) is 3.11. The highest BCUT2D eigenvalue weighted by Gasteiger charge is 2.23. The van der Waals surface area contributed by atoms with E-state index in [-0.39, 0.29) is 5.69 Å². The van der Waals surface area contributed by atoms with Gasteiger partial charge in [-0.05, 0) is 31.5 Å². The quantitative estimate of drug-likeness (QED) is 0.875. The molecule has 5 nitrogen and oxygen atoms in total. The van der Waals surface area contributed by atoms with E-state index < -0.39 is 0 Å². The second-order valence-electron chi connectivity index (χ2n) is 6.10. The van der Waals surface area contributed by atoms with Crippen molar-refractivity contribution in [3.63, 3.8) is 0 Å². The Balaban J connectivity index is 1.94. The van der Waals surface area contributed by atoms with Crippen LogP contribution in [0.2, 0.25) is 0 Å². The maximum Gasteiger partial charge on any atom is 0.347 e. The normalized spacial score (nSPS) is 15.0. The number of piperidine rings is 1. The van der Waals surface area contributed by atoms with Crippen molar-refractivity contribution in [2.45, 2.75) is 45.2 Å². The standard InChI is InChI=1S/C19H24N4O/c1-2-3-7-14-23-19(24)22(15-16-8-5-4-6-9-16)18(21-23)17-10-12-20-13-11-17/h4-6,8-9,17,20H,2,10-15H2,1H3. The maximum atomic E-state index is 12.8. The van der Waals surface area contributed by atoms with Crippen LogP contribution in [0, 0.1) is 11.8 Å². The average Bonchev–Trinajstić information content (AvgIpc) is 2.93. The summed E-state index contributed by atoms with van der Waals surface area (Å²) in [4.78, 5) is 12.8. The molecule has 1 N–H and O–H groups in total. The molecule has 2 heterocycles. The van der Waals surface area contributed by atoms with Crippen LogP contribution in [0.15, 0.2) is 35.1 Å². The highest BCUT2D eigenvalue weighted by atomic mass is 16.2. The average molecular weight is 324 g/mol. The number of rotatable bonds is 4. The molecular formula is C19H24N4O. The Labute approximate surface area is 142 Å². The Hall–Kier alpha value is -2.32. The van der Waals surface area contributed by atoms with Crippen LogP contribution in [-0.4, -0.2) is 27.4 Å². The van der Waals surface area contributed by atoms with Gasteiger partial charge in [0.15, 0.2) is 0 Å². The lowest BCUT2D eigenvalue weighted by Gasteiger charge is -2.22. The maximum absolute atomic E-state index is 12.8. The molecular weight excluding hydrogens is 300 g/mol. The zero-order chi connectivity index (χ0) is 16.8. The van der Waals surface area contributed by atoms with Crippen molar-refractivity contribution in [1.82, 2.24) is 19.7 Å². The van der Waals surface area contributed by atoms with E-state index in [1.807, 2.05) is 41.8 Å². The summed E-state index contributed by atoms with van der Waals surface area (Å²) in [5.41, 5.74) is 1.06. The van der Waals surface area contributed by atoms with Crippen molar-refractivity contribution in [1.29, 1.82) is 0 Å². The zero-order valence-electron chi connectivity index (χ0n) is 14.2. The minimum atomic E-state index is -0.0576. The summed E-state index contributed by atoms with van der Waals surface area (Å²) >= 11 is 0. The first-order valence-electron chi connectivity index (χ1n) is 8.67. The minimum Gasteiger partial charge on any atom is -0.317 e. The number of aromatic nitrogens is 3. The van der Waals surface area contributed by atoms with Crippen LogP contribution in [0.1, 0.15) is 43.5 Å². The highest BCUT2D eigenvalue weighted by molar-refractivity contribution is 5.16. The summed E-state index contributed by atoms with van der Waals surface area (Å²) < 4.78 is 3.35. The van der Waals surface area contributed by atoms with Gasteiger partial charge in [0.05, 0.1) is 6.54 Å². The van der Waals surface area contributed by atoms with E-state index in [2.05, 4.69) is 22.3 Å². The van der Waals surface area contributed by atoms with E-state index in [1.54, 1.807) is 0 Å². The van der Waals surface area contributed by atoms with E-state index in [4.69, 9.17) is 0 Å². The third kappa shape index (κ3) is 3.77. The van der Waals surface area contributed by atoms with Gasteiger partial charge >= 0.3 is 5.69 Å². The molecule has 0 atom stereocenters. The van der Waals surface area contributed by atoms with Crippen molar-refractivity contribution < 1.29 is 0 Å². The molecule has 0 spiro atoms. The van der Waals surface area contributed by atoms with Crippen molar-refractivity contribution in [2.75, 3.05) is 13.1 Å². The molecule has 1 aliphatic rings. The lowest BCUT2D eigenvalue weighted by atomic mass is 9.97. The molecule has 126 valence electrons. The molecule has 0 bridgehead atoms. The molecule has 0 saturated carbocycles. The molecule has 1 saturated heterocycles. The predicted molar refractivity (Wildman–Crippen MR) is 94.9 cm³/mol. The van der Waals surface area contributed by atoms with Gasteiger partial charge in [0.2, 0.25) is 0 Å². The smallest absolute Gasteiger partial charge is 0.317 e. The molecule has 3 rings (SSSR count). The lowest BCUT2D eigenvalue weighted by Crippen LogP contribution is -2.30.